The fraction of sp³-hybridized carbons (Fsp3) is 0.533. The topological polar surface area (TPSA) is 43.4 Å². The van der Waals surface area contributed by atoms with E-state index in [4.69, 9.17) is 9.47 Å². The van der Waals surface area contributed by atoms with Gasteiger partial charge in [0.25, 0.3) is 0 Å². The summed E-state index contributed by atoms with van der Waals surface area (Å²) in [5, 5.41) is 4.19. The van der Waals surface area contributed by atoms with Crippen molar-refractivity contribution in [3.63, 3.8) is 0 Å². The van der Waals surface area contributed by atoms with Crippen LogP contribution >= 0.6 is 11.3 Å². The molecule has 0 spiro atoms. The molecule has 0 saturated carbocycles. The first kappa shape index (κ1) is 14.9. The van der Waals surface area contributed by atoms with Gasteiger partial charge < -0.3 is 14.8 Å². The van der Waals surface area contributed by atoms with Crippen LogP contribution in [0.3, 0.4) is 0 Å². The average Bonchev–Trinajstić information content (AvgIpc) is 2.83. The number of nitrogens with one attached hydrogen (secondary N) is 1. The Bertz CT molecular complexity index is 509. The van der Waals surface area contributed by atoms with E-state index in [1.165, 1.54) is 0 Å². The van der Waals surface area contributed by atoms with Crippen molar-refractivity contribution in [2.45, 2.75) is 33.6 Å². The number of thiazole rings is 1. The van der Waals surface area contributed by atoms with Crippen LogP contribution in [0.4, 0.5) is 5.13 Å². The molecule has 0 saturated heterocycles. The van der Waals surface area contributed by atoms with Crippen LogP contribution in [-0.4, -0.2) is 24.7 Å². The number of hydrogen-bond donors (Lipinski definition) is 1. The third-order valence-corrected chi connectivity index (χ3v) is 3.68. The van der Waals surface area contributed by atoms with E-state index < -0.39 is 0 Å². The lowest BCUT2D eigenvalue weighted by atomic mass is 10.3. The van der Waals surface area contributed by atoms with Gasteiger partial charge in [-0.2, -0.15) is 0 Å². The van der Waals surface area contributed by atoms with Crippen LogP contribution in [0.15, 0.2) is 12.1 Å². The van der Waals surface area contributed by atoms with Crippen LogP contribution in [0, 0.1) is 0 Å². The normalized spacial score (nSPS) is 10.8. The van der Waals surface area contributed by atoms with Crippen LogP contribution in [0.1, 0.15) is 33.6 Å². The molecule has 0 atom stereocenters. The maximum atomic E-state index is 5.79. The SMILES string of the molecule is CCCOc1cc2nc(NCC)sc2cc1OCCC. The quantitative estimate of drug-likeness (QED) is 0.788. The average molecular weight is 294 g/mol. The highest BCUT2D eigenvalue weighted by Crippen LogP contribution is 2.36. The molecular formula is C15H22N2O2S. The molecule has 0 unspecified atom stereocenters. The molecule has 1 N–H and O–H groups in total. The summed E-state index contributed by atoms with van der Waals surface area (Å²) in [6.45, 7) is 8.53. The molecule has 1 heterocycles. The van der Waals surface area contributed by atoms with Crippen molar-refractivity contribution >= 4 is 26.7 Å². The summed E-state index contributed by atoms with van der Waals surface area (Å²) in [6, 6.07) is 4.02. The lowest BCUT2D eigenvalue weighted by molar-refractivity contribution is 0.269. The maximum Gasteiger partial charge on any atom is 0.183 e. The second kappa shape index (κ2) is 7.33. The zero-order valence-electron chi connectivity index (χ0n) is 12.4. The van der Waals surface area contributed by atoms with Crippen LogP contribution < -0.4 is 14.8 Å². The number of ether oxygens (including phenoxy) is 2. The Balaban J connectivity index is 2.33. The predicted octanol–water partition coefficient (Wildman–Crippen LogP) is 4.31. The highest BCUT2D eigenvalue weighted by Gasteiger charge is 2.11. The largest absolute Gasteiger partial charge is 0.490 e. The molecule has 0 fully saturated rings. The van der Waals surface area contributed by atoms with Crippen molar-refractivity contribution in [2.75, 3.05) is 25.1 Å². The Kier molecular flexibility index (Phi) is 5.47. The van der Waals surface area contributed by atoms with Gasteiger partial charge in [-0.25, -0.2) is 4.98 Å². The summed E-state index contributed by atoms with van der Waals surface area (Å²) >= 11 is 1.64. The van der Waals surface area contributed by atoms with Gasteiger partial charge >= 0.3 is 0 Å². The minimum atomic E-state index is 0.693. The third-order valence-electron chi connectivity index (χ3n) is 2.71. The van der Waals surface area contributed by atoms with Crippen molar-refractivity contribution in [3.8, 4) is 11.5 Å². The van der Waals surface area contributed by atoms with Crippen LogP contribution in [0.5, 0.6) is 11.5 Å². The van der Waals surface area contributed by atoms with E-state index in [0.29, 0.717) is 13.2 Å². The first-order chi connectivity index (χ1) is 9.78. The van der Waals surface area contributed by atoms with E-state index in [1.807, 2.05) is 12.1 Å². The molecule has 2 rings (SSSR count). The fourth-order valence-electron chi connectivity index (χ4n) is 1.81. The van der Waals surface area contributed by atoms with Crippen molar-refractivity contribution in [1.82, 2.24) is 4.98 Å². The highest BCUT2D eigenvalue weighted by molar-refractivity contribution is 7.22. The van der Waals surface area contributed by atoms with Crippen LogP contribution in [-0.2, 0) is 0 Å². The number of benzene rings is 1. The van der Waals surface area contributed by atoms with Crippen molar-refractivity contribution < 1.29 is 9.47 Å². The molecule has 110 valence electrons. The molecule has 20 heavy (non-hydrogen) atoms. The van der Waals surface area contributed by atoms with Crippen molar-refractivity contribution in [2.24, 2.45) is 0 Å². The first-order valence-electron chi connectivity index (χ1n) is 7.22. The summed E-state index contributed by atoms with van der Waals surface area (Å²) in [5.74, 6) is 1.61. The standard InChI is InChI=1S/C15H22N2O2S/c1-4-7-18-12-9-11-14(10-13(12)19-8-5-2)20-15(17-11)16-6-3/h9-10H,4-8H2,1-3H3,(H,16,17). The number of fused-ring (bicyclic) bond motifs is 1. The lowest BCUT2D eigenvalue weighted by Gasteiger charge is -2.11. The van der Waals surface area contributed by atoms with E-state index in [9.17, 15) is 0 Å². The predicted molar refractivity (Wildman–Crippen MR) is 85.4 cm³/mol. The molecule has 1 aromatic carbocycles. The maximum absolute atomic E-state index is 5.79. The summed E-state index contributed by atoms with van der Waals surface area (Å²) in [5.41, 5.74) is 0.959. The molecule has 0 aliphatic heterocycles. The van der Waals surface area contributed by atoms with E-state index in [0.717, 1.165) is 46.2 Å². The molecule has 0 bridgehead atoms. The van der Waals surface area contributed by atoms with Gasteiger partial charge in [0.15, 0.2) is 16.6 Å². The molecule has 0 aliphatic rings. The number of anilines is 1. The monoisotopic (exact) mass is 294 g/mol. The smallest absolute Gasteiger partial charge is 0.183 e. The highest BCUT2D eigenvalue weighted by atomic mass is 32.1. The van der Waals surface area contributed by atoms with E-state index >= 15 is 0 Å². The molecule has 0 aliphatic carbocycles. The Morgan fingerprint density at radius 1 is 1.05 bits per heavy atom. The molecule has 1 aromatic heterocycles. The Morgan fingerprint density at radius 2 is 1.70 bits per heavy atom. The third kappa shape index (κ3) is 3.54. The van der Waals surface area contributed by atoms with Gasteiger partial charge in [0.2, 0.25) is 0 Å². The number of rotatable bonds is 8. The van der Waals surface area contributed by atoms with Gasteiger partial charge in [0, 0.05) is 18.7 Å². The van der Waals surface area contributed by atoms with Gasteiger partial charge in [-0.05, 0) is 19.8 Å². The minimum Gasteiger partial charge on any atom is -0.490 e. The second-order valence-corrected chi connectivity index (χ2v) is 5.54. The number of aromatic nitrogens is 1. The van der Waals surface area contributed by atoms with Gasteiger partial charge in [-0.15, -0.1) is 0 Å². The summed E-state index contributed by atoms with van der Waals surface area (Å²) in [6.07, 6.45) is 1.96. The van der Waals surface area contributed by atoms with Crippen LogP contribution in [0.2, 0.25) is 0 Å². The zero-order valence-corrected chi connectivity index (χ0v) is 13.2. The van der Waals surface area contributed by atoms with Gasteiger partial charge in [-0.1, -0.05) is 25.2 Å². The molecule has 0 amide bonds. The second-order valence-electron chi connectivity index (χ2n) is 4.51. The molecule has 5 heteroatoms. The fourth-order valence-corrected chi connectivity index (χ4v) is 2.76. The summed E-state index contributed by atoms with van der Waals surface area (Å²) < 4.78 is 12.7. The molecule has 4 nitrogen and oxygen atoms in total. The molecule has 0 radical (unpaired) electrons. The van der Waals surface area contributed by atoms with Gasteiger partial charge in [0.05, 0.1) is 23.4 Å². The van der Waals surface area contributed by atoms with E-state index in [2.05, 4.69) is 31.1 Å². The minimum absolute atomic E-state index is 0.693. The summed E-state index contributed by atoms with van der Waals surface area (Å²) in [4.78, 5) is 4.56. The summed E-state index contributed by atoms with van der Waals surface area (Å²) in [7, 11) is 0. The lowest BCUT2D eigenvalue weighted by Crippen LogP contribution is -2.01. The van der Waals surface area contributed by atoms with E-state index in [1.54, 1.807) is 11.3 Å². The molecular weight excluding hydrogens is 272 g/mol. The van der Waals surface area contributed by atoms with Gasteiger partial charge in [0.1, 0.15) is 0 Å². The van der Waals surface area contributed by atoms with E-state index in [-0.39, 0.29) is 0 Å². The Hall–Kier alpha value is -1.49. The zero-order chi connectivity index (χ0) is 14.4. The van der Waals surface area contributed by atoms with Crippen molar-refractivity contribution in [3.05, 3.63) is 12.1 Å². The number of hydrogen-bond acceptors (Lipinski definition) is 5. The first-order valence-corrected chi connectivity index (χ1v) is 8.04. The van der Waals surface area contributed by atoms with Gasteiger partial charge in [-0.3, -0.25) is 0 Å². The number of nitrogens with zero attached hydrogens (tertiary/aromatic N) is 1. The van der Waals surface area contributed by atoms with Crippen LogP contribution in [0.25, 0.3) is 10.2 Å². The van der Waals surface area contributed by atoms with Crippen molar-refractivity contribution in [1.29, 1.82) is 0 Å². The Labute approximate surface area is 124 Å². The Morgan fingerprint density at radius 3 is 2.30 bits per heavy atom. The molecule has 2 aromatic rings.